The van der Waals surface area contributed by atoms with Gasteiger partial charge in [-0.25, -0.2) is 0 Å². The molecule has 2 N–H and O–H groups in total. The molecule has 0 atom stereocenters. The third-order valence-electron chi connectivity index (χ3n) is 6.79. The first-order chi connectivity index (χ1) is 13.7. The summed E-state index contributed by atoms with van der Waals surface area (Å²) in [5, 5.41) is 18.4. The van der Waals surface area contributed by atoms with Crippen LogP contribution >= 0.6 is 0 Å². The second kappa shape index (κ2) is 10.3. The van der Waals surface area contributed by atoms with Gasteiger partial charge < -0.3 is 10.2 Å². The molecule has 2 rings (SSSR count). The Balaban J connectivity index is 1.68. The third-order valence-corrected chi connectivity index (χ3v) is 6.79. The Hall–Kier alpha value is -1.84. The second-order valence-corrected chi connectivity index (χ2v) is 9.60. The van der Waals surface area contributed by atoms with E-state index in [-0.39, 0.29) is 0 Å². The monoisotopic (exact) mass is 402 g/mol. The molecule has 0 radical (unpaired) electrons. The lowest BCUT2D eigenvalue weighted by Crippen LogP contribution is -2.23. The van der Waals surface area contributed by atoms with Crippen LogP contribution in [0.2, 0.25) is 0 Å². The van der Waals surface area contributed by atoms with E-state index in [9.17, 15) is 14.7 Å². The summed E-state index contributed by atoms with van der Waals surface area (Å²) in [7, 11) is 0. The van der Waals surface area contributed by atoms with E-state index in [1.54, 1.807) is 13.8 Å². The Morgan fingerprint density at radius 2 is 1.48 bits per heavy atom. The van der Waals surface area contributed by atoms with Crippen molar-refractivity contribution in [3.8, 4) is 0 Å². The minimum atomic E-state index is -0.708. The van der Waals surface area contributed by atoms with Gasteiger partial charge in [0.25, 0.3) is 0 Å². The predicted molar refractivity (Wildman–Crippen MR) is 116 cm³/mol. The lowest BCUT2D eigenvalue weighted by atomic mass is 9.87. The van der Waals surface area contributed by atoms with Gasteiger partial charge in [0.05, 0.1) is 10.8 Å². The van der Waals surface area contributed by atoms with Crippen molar-refractivity contribution in [2.75, 3.05) is 0 Å². The summed E-state index contributed by atoms with van der Waals surface area (Å²) in [5.74, 6) is -1.32. The second-order valence-electron chi connectivity index (χ2n) is 9.60. The molecule has 0 amide bonds. The SMILES string of the molecule is Cc1c(CCCCCCC(C)(C)C(=O)O)cccc1CCCCC1(C(=O)O)CC1. The summed E-state index contributed by atoms with van der Waals surface area (Å²) in [6.07, 6.45) is 11.7. The molecule has 1 aromatic rings. The maximum atomic E-state index is 11.3. The fourth-order valence-corrected chi connectivity index (χ4v) is 4.12. The fourth-order valence-electron chi connectivity index (χ4n) is 4.12. The normalized spacial score (nSPS) is 15.3. The number of carboxylic acids is 2. The molecule has 1 saturated carbocycles. The van der Waals surface area contributed by atoms with E-state index in [1.165, 1.54) is 16.7 Å². The van der Waals surface area contributed by atoms with Crippen LogP contribution in [0.5, 0.6) is 0 Å². The zero-order chi connectivity index (χ0) is 21.5. The van der Waals surface area contributed by atoms with Gasteiger partial charge in [0.2, 0.25) is 0 Å². The molecule has 0 unspecified atom stereocenters. The molecule has 4 nitrogen and oxygen atoms in total. The first-order valence-corrected chi connectivity index (χ1v) is 11.2. The number of carboxylic acid groups (broad SMARTS) is 2. The zero-order valence-corrected chi connectivity index (χ0v) is 18.4. The van der Waals surface area contributed by atoms with Crippen LogP contribution in [0.15, 0.2) is 18.2 Å². The van der Waals surface area contributed by atoms with Gasteiger partial charge in [0, 0.05) is 0 Å². The van der Waals surface area contributed by atoms with E-state index >= 15 is 0 Å². The Morgan fingerprint density at radius 3 is 2.00 bits per heavy atom. The van der Waals surface area contributed by atoms with Crippen LogP contribution < -0.4 is 0 Å². The predicted octanol–water partition coefficient (Wildman–Crippen LogP) is 6.18. The van der Waals surface area contributed by atoms with Gasteiger partial charge in [-0.15, -0.1) is 0 Å². The van der Waals surface area contributed by atoms with Gasteiger partial charge in [-0.3, -0.25) is 9.59 Å². The smallest absolute Gasteiger partial charge is 0.309 e. The van der Waals surface area contributed by atoms with Crippen molar-refractivity contribution in [1.29, 1.82) is 0 Å². The Kier molecular flexibility index (Phi) is 8.30. The van der Waals surface area contributed by atoms with Gasteiger partial charge in [-0.2, -0.15) is 0 Å². The average molecular weight is 403 g/mol. The van der Waals surface area contributed by atoms with Gasteiger partial charge in [-0.1, -0.05) is 43.9 Å². The molecule has 0 bridgehead atoms. The standard InChI is InChI=1S/C25H38O4/c1-19-20(11-6-4-5-8-15-24(2,3)22(26)27)13-10-14-21(19)12-7-9-16-25(17-18-25)23(28)29/h10,13-14H,4-9,11-12,15-18H2,1-3H3,(H,26,27)(H,28,29). The van der Waals surface area contributed by atoms with Crippen molar-refractivity contribution in [3.63, 3.8) is 0 Å². The number of aliphatic carboxylic acids is 2. The van der Waals surface area contributed by atoms with E-state index in [1.807, 2.05) is 0 Å². The molecule has 1 aliphatic rings. The molecule has 0 aromatic heterocycles. The van der Waals surface area contributed by atoms with Gasteiger partial charge >= 0.3 is 11.9 Å². The average Bonchev–Trinajstić information content (AvgIpc) is 3.45. The van der Waals surface area contributed by atoms with Crippen LogP contribution in [-0.4, -0.2) is 22.2 Å². The van der Waals surface area contributed by atoms with Crippen LogP contribution in [0.1, 0.15) is 94.7 Å². The van der Waals surface area contributed by atoms with Gasteiger partial charge in [-0.05, 0) is 88.8 Å². The van der Waals surface area contributed by atoms with Crippen molar-refractivity contribution in [3.05, 3.63) is 34.9 Å². The minimum Gasteiger partial charge on any atom is -0.481 e. The van der Waals surface area contributed by atoms with E-state index < -0.39 is 22.8 Å². The molecule has 0 saturated heterocycles. The lowest BCUT2D eigenvalue weighted by Gasteiger charge is -2.18. The Labute approximate surface area is 175 Å². The maximum absolute atomic E-state index is 11.3. The number of carbonyl (C=O) groups is 2. The lowest BCUT2D eigenvalue weighted by molar-refractivity contribution is -0.147. The number of rotatable bonds is 14. The molecule has 29 heavy (non-hydrogen) atoms. The molecular weight excluding hydrogens is 364 g/mol. The number of hydrogen-bond acceptors (Lipinski definition) is 2. The molecule has 1 fully saturated rings. The van der Waals surface area contributed by atoms with Crippen molar-refractivity contribution >= 4 is 11.9 Å². The molecule has 1 aliphatic carbocycles. The summed E-state index contributed by atoms with van der Waals surface area (Å²) >= 11 is 0. The minimum absolute atomic E-state index is 0.392. The Morgan fingerprint density at radius 1 is 0.931 bits per heavy atom. The number of aryl methyl sites for hydroxylation is 2. The quantitative estimate of drug-likeness (QED) is 0.365. The van der Waals surface area contributed by atoms with Gasteiger partial charge in [0.1, 0.15) is 0 Å². The highest BCUT2D eigenvalue weighted by Crippen LogP contribution is 2.50. The topological polar surface area (TPSA) is 74.6 Å². The van der Waals surface area contributed by atoms with Crippen LogP contribution in [0, 0.1) is 17.8 Å². The number of benzene rings is 1. The first-order valence-electron chi connectivity index (χ1n) is 11.2. The van der Waals surface area contributed by atoms with Crippen LogP contribution in [0.4, 0.5) is 0 Å². The first kappa shape index (κ1) is 23.4. The van der Waals surface area contributed by atoms with E-state index in [0.29, 0.717) is 0 Å². The third kappa shape index (κ3) is 6.87. The van der Waals surface area contributed by atoms with Crippen molar-refractivity contribution in [2.24, 2.45) is 10.8 Å². The fraction of sp³-hybridized carbons (Fsp3) is 0.680. The number of hydrogen-bond donors (Lipinski definition) is 2. The van der Waals surface area contributed by atoms with Crippen LogP contribution in [0.3, 0.4) is 0 Å². The largest absolute Gasteiger partial charge is 0.481 e. The summed E-state index contributed by atoms with van der Waals surface area (Å²) in [6, 6.07) is 6.57. The summed E-state index contributed by atoms with van der Waals surface area (Å²) in [5.41, 5.74) is 3.19. The maximum Gasteiger partial charge on any atom is 0.309 e. The highest BCUT2D eigenvalue weighted by atomic mass is 16.4. The molecular formula is C25H38O4. The van der Waals surface area contributed by atoms with Crippen LogP contribution in [0.25, 0.3) is 0 Å². The van der Waals surface area contributed by atoms with E-state index in [0.717, 1.165) is 77.0 Å². The molecule has 1 aromatic carbocycles. The highest BCUT2D eigenvalue weighted by molar-refractivity contribution is 5.77. The molecule has 4 heteroatoms. The summed E-state index contributed by atoms with van der Waals surface area (Å²) < 4.78 is 0. The summed E-state index contributed by atoms with van der Waals surface area (Å²) in [6.45, 7) is 5.81. The Bertz CT molecular complexity index is 701. The molecule has 162 valence electrons. The van der Waals surface area contributed by atoms with Crippen molar-refractivity contribution in [1.82, 2.24) is 0 Å². The van der Waals surface area contributed by atoms with Gasteiger partial charge in [0.15, 0.2) is 0 Å². The van der Waals surface area contributed by atoms with Crippen molar-refractivity contribution in [2.45, 2.75) is 97.8 Å². The van der Waals surface area contributed by atoms with Crippen molar-refractivity contribution < 1.29 is 19.8 Å². The summed E-state index contributed by atoms with van der Waals surface area (Å²) in [4.78, 5) is 22.4. The molecule has 0 spiro atoms. The number of unbranched alkanes of at least 4 members (excludes halogenated alkanes) is 4. The zero-order valence-electron chi connectivity index (χ0n) is 18.4. The van der Waals surface area contributed by atoms with E-state index in [2.05, 4.69) is 25.1 Å². The highest BCUT2D eigenvalue weighted by Gasteiger charge is 2.49. The molecule has 0 heterocycles. The van der Waals surface area contributed by atoms with E-state index in [4.69, 9.17) is 5.11 Å². The molecule has 0 aliphatic heterocycles. The van der Waals surface area contributed by atoms with Crippen LogP contribution in [-0.2, 0) is 22.4 Å².